The molecule has 0 radical (unpaired) electrons. The summed E-state index contributed by atoms with van der Waals surface area (Å²) in [7, 11) is 0. The molecule has 0 saturated carbocycles. The number of thiazole rings is 1. The maximum atomic E-state index is 12.5. The van der Waals surface area contributed by atoms with E-state index >= 15 is 0 Å². The number of halogens is 1. The molecule has 2 N–H and O–H groups in total. The fourth-order valence-corrected chi connectivity index (χ4v) is 4.38. The summed E-state index contributed by atoms with van der Waals surface area (Å²) in [5.41, 5.74) is 6.64. The van der Waals surface area contributed by atoms with Crippen molar-refractivity contribution >= 4 is 40.2 Å². The lowest BCUT2D eigenvalue weighted by atomic mass is 10.3. The highest BCUT2D eigenvalue weighted by Crippen LogP contribution is 2.35. The Morgan fingerprint density at radius 2 is 2.30 bits per heavy atom. The Balaban J connectivity index is 1.87. The monoisotopic (exact) mass is 327 g/mol. The molecule has 1 atom stereocenters. The Morgan fingerprint density at radius 1 is 1.50 bits per heavy atom. The quantitative estimate of drug-likeness (QED) is 0.922. The first kappa shape index (κ1) is 14.0. The third kappa shape index (κ3) is 2.61. The van der Waals surface area contributed by atoms with Crippen LogP contribution >= 0.6 is 34.3 Å². The zero-order valence-corrected chi connectivity index (χ0v) is 13.3. The fourth-order valence-electron chi connectivity index (χ4n) is 2.24. The standard InChI is InChI=1S/C13H14ClN3OS2/c1-7-11(13(18)17-5-4-8(15)6-17)20-12(16-7)9-2-3-10(14)19-9/h2-3,8H,4-6,15H2,1H3/t8-/m0/s1. The summed E-state index contributed by atoms with van der Waals surface area (Å²) in [5.74, 6) is 0.0434. The van der Waals surface area contributed by atoms with Gasteiger partial charge in [0.15, 0.2) is 0 Å². The number of aryl methyl sites for hydroxylation is 1. The van der Waals surface area contributed by atoms with Crippen LogP contribution in [0.15, 0.2) is 12.1 Å². The van der Waals surface area contributed by atoms with E-state index in [9.17, 15) is 4.79 Å². The highest BCUT2D eigenvalue weighted by molar-refractivity contribution is 7.24. The summed E-state index contributed by atoms with van der Waals surface area (Å²) >= 11 is 8.85. The van der Waals surface area contributed by atoms with Crippen molar-refractivity contribution in [2.75, 3.05) is 13.1 Å². The van der Waals surface area contributed by atoms with Gasteiger partial charge in [0.05, 0.1) is 14.9 Å². The molecule has 106 valence electrons. The second kappa shape index (κ2) is 5.44. The molecule has 0 aromatic carbocycles. The molecule has 20 heavy (non-hydrogen) atoms. The summed E-state index contributed by atoms with van der Waals surface area (Å²) in [4.78, 5) is 20.5. The van der Waals surface area contributed by atoms with E-state index in [2.05, 4.69) is 4.98 Å². The molecule has 3 heterocycles. The molecular weight excluding hydrogens is 314 g/mol. The van der Waals surface area contributed by atoms with Crippen molar-refractivity contribution in [3.8, 4) is 9.88 Å². The summed E-state index contributed by atoms with van der Waals surface area (Å²) in [6, 6.07) is 3.88. The number of hydrogen-bond donors (Lipinski definition) is 1. The number of thiophene rings is 1. The van der Waals surface area contributed by atoms with Crippen molar-refractivity contribution in [1.29, 1.82) is 0 Å². The summed E-state index contributed by atoms with van der Waals surface area (Å²) in [6.07, 6.45) is 0.872. The summed E-state index contributed by atoms with van der Waals surface area (Å²) in [6.45, 7) is 3.24. The molecular formula is C13H14ClN3OS2. The van der Waals surface area contributed by atoms with Gasteiger partial charge in [0.1, 0.15) is 9.88 Å². The Labute approximate surface area is 130 Å². The predicted molar refractivity (Wildman–Crippen MR) is 83.7 cm³/mol. The van der Waals surface area contributed by atoms with Crippen LogP contribution in [0.4, 0.5) is 0 Å². The van der Waals surface area contributed by atoms with E-state index in [1.807, 2.05) is 24.0 Å². The molecule has 4 nitrogen and oxygen atoms in total. The minimum absolute atomic E-state index is 0.0434. The Hall–Kier alpha value is -0.950. The third-order valence-corrected chi connectivity index (χ3v) is 5.83. The van der Waals surface area contributed by atoms with Gasteiger partial charge in [-0.1, -0.05) is 11.6 Å². The van der Waals surface area contributed by atoms with Gasteiger partial charge in [0.25, 0.3) is 5.91 Å². The molecule has 1 fully saturated rings. The van der Waals surface area contributed by atoms with Crippen molar-refractivity contribution in [3.05, 3.63) is 27.0 Å². The van der Waals surface area contributed by atoms with Crippen molar-refractivity contribution in [1.82, 2.24) is 9.88 Å². The van der Waals surface area contributed by atoms with Crippen LogP contribution in [0.1, 0.15) is 21.8 Å². The van der Waals surface area contributed by atoms with Gasteiger partial charge in [-0.25, -0.2) is 4.98 Å². The minimum Gasteiger partial charge on any atom is -0.336 e. The maximum absolute atomic E-state index is 12.5. The van der Waals surface area contributed by atoms with E-state index < -0.39 is 0 Å². The zero-order chi connectivity index (χ0) is 14.3. The number of nitrogens with two attached hydrogens (primary N) is 1. The molecule has 0 bridgehead atoms. The lowest BCUT2D eigenvalue weighted by Gasteiger charge is -2.14. The average molecular weight is 328 g/mol. The number of nitrogens with zero attached hydrogens (tertiary/aromatic N) is 2. The lowest BCUT2D eigenvalue weighted by molar-refractivity contribution is 0.0794. The van der Waals surface area contributed by atoms with E-state index in [1.165, 1.54) is 22.7 Å². The first-order valence-corrected chi connectivity index (χ1v) is 8.33. The van der Waals surface area contributed by atoms with Gasteiger partial charge in [-0.3, -0.25) is 4.79 Å². The van der Waals surface area contributed by atoms with Gasteiger partial charge in [-0.15, -0.1) is 22.7 Å². The molecule has 1 saturated heterocycles. The smallest absolute Gasteiger partial charge is 0.265 e. The molecule has 0 aliphatic carbocycles. The number of carbonyl (C=O) groups excluding carboxylic acids is 1. The lowest BCUT2D eigenvalue weighted by Crippen LogP contribution is -2.31. The van der Waals surface area contributed by atoms with Crippen LogP contribution < -0.4 is 5.73 Å². The number of amides is 1. The van der Waals surface area contributed by atoms with E-state index in [1.54, 1.807) is 0 Å². The summed E-state index contributed by atoms with van der Waals surface area (Å²) in [5, 5.41) is 0.853. The van der Waals surface area contributed by atoms with Gasteiger partial charge < -0.3 is 10.6 Å². The van der Waals surface area contributed by atoms with E-state index in [0.29, 0.717) is 11.4 Å². The molecule has 1 aliphatic heterocycles. The van der Waals surface area contributed by atoms with E-state index in [-0.39, 0.29) is 11.9 Å². The highest BCUT2D eigenvalue weighted by atomic mass is 35.5. The second-order valence-electron chi connectivity index (χ2n) is 4.84. The zero-order valence-electron chi connectivity index (χ0n) is 10.9. The summed E-state index contributed by atoms with van der Waals surface area (Å²) < 4.78 is 0.728. The Kier molecular flexibility index (Phi) is 3.81. The molecule has 0 spiro atoms. The molecule has 2 aromatic heterocycles. The third-order valence-electron chi connectivity index (χ3n) is 3.29. The first-order chi connectivity index (χ1) is 9.54. The van der Waals surface area contributed by atoms with Gasteiger partial charge in [-0.2, -0.15) is 0 Å². The molecule has 1 amide bonds. The molecule has 1 aliphatic rings. The van der Waals surface area contributed by atoms with E-state index in [4.69, 9.17) is 17.3 Å². The van der Waals surface area contributed by atoms with Crippen LogP contribution in [-0.4, -0.2) is 34.9 Å². The van der Waals surface area contributed by atoms with Crippen LogP contribution in [0.25, 0.3) is 9.88 Å². The largest absolute Gasteiger partial charge is 0.336 e. The second-order valence-corrected chi connectivity index (χ2v) is 7.55. The van der Waals surface area contributed by atoms with Gasteiger partial charge in [-0.05, 0) is 25.5 Å². The van der Waals surface area contributed by atoms with Crippen LogP contribution in [0.3, 0.4) is 0 Å². The number of rotatable bonds is 2. The molecule has 7 heteroatoms. The Morgan fingerprint density at radius 3 is 2.90 bits per heavy atom. The number of carbonyl (C=O) groups is 1. The number of likely N-dealkylation sites (tertiary alicyclic amines) is 1. The number of aromatic nitrogens is 1. The normalized spacial score (nSPS) is 18.8. The van der Waals surface area contributed by atoms with Crippen molar-refractivity contribution < 1.29 is 4.79 Å². The van der Waals surface area contributed by atoms with Gasteiger partial charge in [0, 0.05) is 19.1 Å². The van der Waals surface area contributed by atoms with Crippen molar-refractivity contribution in [2.24, 2.45) is 5.73 Å². The van der Waals surface area contributed by atoms with Crippen molar-refractivity contribution in [2.45, 2.75) is 19.4 Å². The molecule has 0 unspecified atom stereocenters. The van der Waals surface area contributed by atoms with Crippen molar-refractivity contribution in [3.63, 3.8) is 0 Å². The molecule has 2 aromatic rings. The van der Waals surface area contributed by atoms with Crippen LogP contribution in [0.5, 0.6) is 0 Å². The molecule has 3 rings (SSSR count). The average Bonchev–Trinajstić information content (AvgIpc) is 3.09. The van der Waals surface area contributed by atoms with Crippen LogP contribution in [0.2, 0.25) is 4.34 Å². The highest BCUT2D eigenvalue weighted by Gasteiger charge is 2.27. The minimum atomic E-state index is 0.0434. The first-order valence-electron chi connectivity index (χ1n) is 6.32. The predicted octanol–water partition coefficient (Wildman–Crippen LogP) is 3.01. The van der Waals surface area contributed by atoms with E-state index in [0.717, 1.165) is 32.9 Å². The Bertz CT molecular complexity index is 652. The SMILES string of the molecule is Cc1nc(-c2ccc(Cl)s2)sc1C(=O)N1CC[C@H](N)C1. The maximum Gasteiger partial charge on any atom is 0.265 e. The van der Waals surface area contributed by atoms with Gasteiger partial charge >= 0.3 is 0 Å². The topological polar surface area (TPSA) is 59.2 Å². The number of hydrogen-bond acceptors (Lipinski definition) is 5. The van der Waals surface area contributed by atoms with Crippen LogP contribution in [0, 0.1) is 6.92 Å². The fraction of sp³-hybridized carbons (Fsp3) is 0.385. The van der Waals surface area contributed by atoms with Crippen LogP contribution in [-0.2, 0) is 0 Å². The van der Waals surface area contributed by atoms with Gasteiger partial charge in [0.2, 0.25) is 0 Å².